The van der Waals surface area contributed by atoms with Gasteiger partial charge in [-0.05, 0) is 22.6 Å². The van der Waals surface area contributed by atoms with E-state index in [1.54, 1.807) is 0 Å². The molecule has 0 aliphatic carbocycles. The summed E-state index contributed by atoms with van der Waals surface area (Å²) in [4.78, 5) is 0. The first-order valence-corrected chi connectivity index (χ1v) is 9.10. The Kier molecular flexibility index (Phi) is 6.45. The van der Waals surface area contributed by atoms with E-state index in [9.17, 15) is 0 Å². The molecule has 0 aromatic carbocycles. The molecule has 2 unspecified atom stereocenters. The highest BCUT2D eigenvalue weighted by molar-refractivity contribution is 7.66. The van der Waals surface area contributed by atoms with Gasteiger partial charge in [0.15, 0.2) is 0 Å². The number of hydrogen-bond acceptors (Lipinski definition) is 0. The molecule has 0 aliphatic rings. The molecule has 2 atom stereocenters. The molecular weight excluding hydrogens is 230 g/mol. The summed E-state index contributed by atoms with van der Waals surface area (Å²) in [6, 6.07) is 0. The van der Waals surface area contributed by atoms with Crippen molar-refractivity contribution in [2.24, 2.45) is 0 Å². The molecule has 0 aliphatic heterocycles. The van der Waals surface area contributed by atoms with Gasteiger partial charge in [0.05, 0.1) is 0 Å². The largest absolute Gasteiger partial charge is 0.0986 e. The minimum absolute atomic E-state index is 0.0526. The summed E-state index contributed by atoms with van der Waals surface area (Å²) in [6.07, 6.45) is 2.61. The van der Waals surface area contributed by atoms with E-state index in [1.165, 1.54) is 12.3 Å². The van der Waals surface area contributed by atoms with Crippen LogP contribution in [0.25, 0.3) is 0 Å². The highest BCUT2D eigenvalue weighted by atomic mass is 31.1. The number of rotatable bonds is 5. The van der Waals surface area contributed by atoms with Crippen LogP contribution in [-0.4, -0.2) is 22.6 Å². The normalized spacial score (nSPS) is 16.6. The highest BCUT2D eigenvalue weighted by Crippen LogP contribution is 2.56. The summed E-state index contributed by atoms with van der Waals surface area (Å²) < 4.78 is 0. The summed E-state index contributed by atoms with van der Waals surface area (Å²) in [6.45, 7) is 22.0. The smallest absolute Gasteiger partial charge is 0.0145 e. The molecule has 0 saturated carbocycles. The molecule has 0 bridgehead atoms. The fraction of sp³-hybridized carbons (Fsp3) is 0.714. The van der Waals surface area contributed by atoms with Gasteiger partial charge in [0.25, 0.3) is 0 Å². The van der Waals surface area contributed by atoms with Gasteiger partial charge < -0.3 is 0 Å². The van der Waals surface area contributed by atoms with Crippen LogP contribution < -0.4 is 0 Å². The standard InChI is InChI=1S/C14H28P2/c1-9-15(13(3,4)5)11-12-16(10-2)14(6,7)8/h9-10H,1-2,11-12H2,3-8H3. The first-order chi connectivity index (χ1) is 7.12. The fourth-order valence-electron chi connectivity index (χ4n) is 1.62. The zero-order valence-electron chi connectivity index (χ0n) is 11.9. The Hall–Kier alpha value is 0.340. The van der Waals surface area contributed by atoms with Gasteiger partial charge in [0, 0.05) is 0 Å². The molecule has 0 nitrogen and oxygen atoms in total. The molecule has 0 saturated heterocycles. The predicted octanol–water partition coefficient (Wildman–Crippen LogP) is 5.83. The lowest BCUT2D eigenvalue weighted by atomic mass is 10.3. The van der Waals surface area contributed by atoms with Crippen LogP contribution in [0.1, 0.15) is 41.5 Å². The second kappa shape index (κ2) is 6.32. The molecular formula is C14H28P2. The second-order valence-corrected chi connectivity index (χ2v) is 12.3. The van der Waals surface area contributed by atoms with Crippen molar-refractivity contribution in [3.8, 4) is 0 Å². The van der Waals surface area contributed by atoms with E-state index < -0.39 is 0 Å². The maximum Gasteiger partial charge on any atom is -0.0145 e. The van der Waals surface area contributed by atoms with E-state index in [2.05, 4.69) is 66.3 Å². The first-order valence-electron chi connectivity index (χ1n) is 5.91. The van der Waals surface area contributed by atoms with E-state index in [0.717, 1.165) is 0 Å². The van der Waals surface area contributed by atoms with Crippen molar-refractivity contribution < 1.29 is 0 Å². The molecule has 0 aromatic heterocycles. The molecule has 2 heteroatoms. The van der Waals surface area contributed by atoms with Gasteiger partial charge >= 0.3 is 0 Å². The third-order valence-electron chi connectivity index (χ3n) is 2.75. The Bertz CT molecular complexity index is 204. The summed E-state index contributed by atoms with van der Waals surface area (Å²) in [5, 5.41) is 0.800. The van der Waals surface area contributed by atoms with Crippen molar-refractivity contribution in [1.82, 2.24) is 0 Å². The van der Waals surface area contributed by atoms with Crippen LogP contribution in [0, 0.1) is 0 Å². The van der Waals surface area contributed by atoms with Crippen molar-refractivity contribution in [3.63, 3.8) is 0 Å². The molecule has 0 aromatic rings. The summed E-state index contributed by atoms with van der Waals surface area (Å²) >= 11 is 0. The van der Waals surface area contributed by atoms with E-state index in [-0.39, 0.29) is 15.8 Å². The van der Waals surface area contributed by atoms with Crippen LogP contribution in [0.15, 0.2) is 24.8 Å². The van der Waals surface area contributed by atoms with Crippen molar-refractivity contribution in [2.75, 3.05) is 12.3 Å². The Balaban J connectivity index is 4.41. The molecule has 0 radical (unpaired) electrons. The SMILES string of the molecule is C=CP(CCP(C=C)C(C)(C)C)C(C)(C)C. The Labute approximate surface area is 105 Å². The molecule has 0 heterocycles. The van der Waals surface area contributed by atoms with E-state index in [1.807, 2.05) is 0 Å². The van der Waals surface area contributed by atoms with Gasteiger partial charge in [-0.2, -0.15) is 0 Å². The average molecular weight is 258 g/mol. The van der Waals surface area contributed by atoms with Gasteiger partial charge in [0.2, 0.25) is 0 Å². The monoisotopic (exact) mass is 258 g/mol. The van der Waals surface area contributed by atoms with Crippen molar-refractivity contribution in [2.45, 2.75) is 51.9 Å². The second-order valence-electron chi connectivity index (χ2n) is 6.09. The summed E-state index contributed by atoms with van der Waals surface area (Å²) in [5.74, 6) is 4.38. The molecule has 0 N–H and O–H groups in total. The molecule has 0 rings (SSSR count). The maximum atomic E-state index is 4.00. The van der Waals surface area contributed by atoms with Gasteiger partial charge in [0.1, 0.15) is 0 Å². The minimum Gasteiger partial charge on any atom is -0.0986 e. The summed E-state index contributed by atoms with van der Waals surface area (Å²) in [5.41, 5.74) is 0. The van der Waals surface area contributed by atoms with Gasteiger partial charge in [-0.3, -0.25) is 0 Å². The Morgan fingerprint density at radius 1 is 0.750 bits per heavy atom. The predicted molar refractivity (Wildman–Crippen MR) is 83.5 cm³/mol. The zero-order chi connectivity index (χ0) is 13.0. The van der Waals surface area contributed by atoms with Crippen LogP contribution in [0.5, 0.6) is 0 Å². The quantitative estimate of drug-likeness (QED) is 0.544. The van der Waals surface area contributed by atoms with Crippen molar-refractivity contribution >= 4 is 15.8 Å². The topological polar surface area (TPSA) is 0 Å². The maximum absolute atomic E-state index is 4.00. The molecule has 16 heavy (non-hydrogen) atoms. The molecule has 0 spiro atoms. The van der Waals surface area contributed by atoms with Gasteiger partial charge in [-0.1, -0.05) is 82.2 Å². The molecule has 0 amide bonds. The Morgan fingerprint density at radius 3 is 1.12 bits per heavy atom. The van der Waals surface area contributed by atoms with Gasteiger partial charge in [-0.15, -0.1) is 0 Å². The third kappa shape index (κ3) is 5.60. The lowest BCUT2D eigenvalue weighted by Crippen LogP contribution is -2.16. The van der Waals surface area contributed by atoms with Crippen LogP contribution in [-0.2, 0) is 0 Å². The molecule has 0 fully saturated rings. The molecule has 94 valence electrons. The van der Waals surface area contributed by atoms with E-state index >= 15 is 0 Å². The average Bonchev–Trinajstić information content (AvgIpc) is 2.08. The van der Waals surface area contributed by atoms with Crippen molar-refractivity contribution in [1.29, 1.82) is 0 Å². The fourth-order valence-corrected chi connectivity index (χ4v) is 6.14. The first kappa shape index (κ1) is 16.3. The van der Waals surface area contributed by atoms with Crippen LogP contribution >= 0.6 is 15.8 Å². The minimum atomic E-state index is -0.0526. The van der Waals surface area contributed by atoms with E-state index in [0.29, 0.717) is 10.3 Å². The van der Waals surface area contributed by atoms with Gasteiger partial charge in [-0.25, -0.2) is 0 Å². The van der Waals surface area contributed by atoms with Crippen LogP contribution in [0.2, 0.25) is 0 Å². The zero-order valence-corrected chi connectivity index (χ0v) is 13.7. The lowest BCUT2D eigenvalue weighted by molar-refractivity contribution is 0.780. The van der Waals surface area contributed by atoms with Crippen LogP contribution in [0.3, 0.4) is 0 Å². The van der Waals surface area contributed by atoms with E-state index in [4.69, 9.17) is 0 Å². The third-order valence-corrected chi connectivity index (χ3v) is 8.84. The Morgan fingerprint density at radius 2 is 1.00 bits per heavy atom. The highest BCUT2D eigenvalue weighted by Gasteiger charge is 2.25. The summed E-state index contributed by atoms with van der Waals surface area (Å²) in [7, 11) is -0.105. The van der Waals surface area contributed by atoms with Crippen LogP contribution in [0.4, 0.5) is 0 Å². The number of hydrogen-bond donors (Lipinski definition) is 0. The van der Waals surface area contributed by atoms with Crippen molar-refractivity contribution in [3.05, 3.63) is 24.8 Å². The lowest BCUT2D eigenvalue weighted by Gasteiger charge is -2.33.